The van der Waals surface area contributed by atoms with E-state index in [2.05, 4.69) is 10.1 Å². The van der Waals surface area contributed by atoms with Crippen molar-refractivity contribution in [3.05, 3.63) is 12.7 Å². The summed E-state index contributed by atoms with van der Waals surface area (Å²) in [6, 6.07) is -0.332. The molecule has 0 saturated carbocycles. The van der Waals surface area contributed by atoms with Crippen molar-refractivity contribution in [2.45, 2.75) is 31.5 Å². The first kappa shape index (κ1) is 14.0. The molecule has 7 heteroatoms. The van der Waals surface area contributed by atoms with Gasteiger partial charge in [-0.1, -0.05) is 0 Å². The van der Waals surface area contributed by atoms with E-state index in [-0.39, 0.29) is 11.9 Å². The molecule has 106 valence electrons. The Labute approximate surface area is 112 Å². The third-order valence-corrected chi connectivity index (χ3v) is 3.44. The highest BCUT2D eigenvalue weighted by Crippen LogP contribution is 2.22. The molecule has 1 fully saturated rings. The molecule has 1 N–H and O–H groups in total. The smallest absolute Gasteiger partial charge is 0.247 e. The predicted octanol–water partition coefficient (Wildman–Crippen LogP) is -0.637. The van der Waals surface area contributed by atoms with Gasteiger partial charge in [-0.05, 0) is 27.4 Å². The average Bonchev–Trinajstić information content (AvgIpc) is 2.96. The van der Waals surface area contributed by atoms with Crippen LogP contribution in [0, 0.1) is 0 Å². The molecular weight excluding hydrogens is 246 g/mol. The number of rotatable bonds is 4. The fourth-order valence-corrected chi connectivity index (χ4v) is 2.53. The Bertz CT molecular complexity index is 420. The van der Waals surface area contributed by atoms with Gasteiger partial charge in [0, 0.05) is 19.1 Å². The largest absolute Gasteiger partial charge is 0.391 e. The summed E-state index contributed by atoms with van der Waals surface area (Å²) in [6.07, 6.45) is 3.15. The zero-order valence-corrected chi connectivity index (χ0v) is 11.6. The molecule has 0 radical (unpaired) electrons. The van der Waals surface area contributed by atoms with E-state index < -0.39 is 12.1 Å². The molecule has 1 aromatic rings. The lowest BCUT2D eigenvalue weighted by atomic mass is 10.2. The van der Waals surface area contributed by atoms with Crippen molar-refractivity contribution < 1.29 is 9.90 Å². The number of nitrogens with zero attached hydrogens (tertiary/aromatic N) is 5. The van der Waals surface area contributed by atoms with E-state index in [1.165, 1.54) is 12.7 Å². The van der Waals surface area contributed by atoms with Gasteiger partial charge in [0.2, 0.25) is 5.91 Å². The van der Waals surface area contributed by atoms with Crippen LogP contribution in [0.4, 0.5) is 0 Å². The molecular formula is C12H21N5O2. The number of carbonyl (C=O) groups excluding carboxylic acids is 1. The molecule has 19 heavy (non-hydrogen) atoms. The Morgan fingerprint density at radius 1 is 1.58 bits per heavy atom. The van der Waals surface area contributed by atoms with E-state index in [4.69, 9.17) is 0 Å². The van der Waals surface area contributed by atoms with Crippen molar-refractivity contribution in [1.29, 1.82) is 0 Å². The molecule has 1 aliphatic rings. The number of likely N-dealkylation sites (tertiary alicyclic amines) is 1. The Hall–Kier alpha value is -1.47. The highest BCUT2D eigenvalue weighted by Gasteiger charge is 2.36. The Morgan fingerprint density at radius 2 is 2.32 bits per heavy atom. The first-order chi connectivity index (χ1) is 8.99. The summed E-state index contributed by atoms with van der Waals surface area (Å²) < 4.78 is 1.54. The maximum atomic E-state index is 12.5. The van der Waals surface area contributed by atoms with Gasteiger partial charge < -0.3 is 14.9 Å². The SMILES string of the molecule is CC(C(=O)N1CC(O)CC1CN(C)C)n1cncn1. The number of aliphatic hydroxyl groups excluding tert-OH is 1. The molecule has 3 unspecified atom stereocenters. The molecule has 2 heterocycles. The molecule has 0 bridgehead atoms. The number of β-amino-alcohol motifs (C(OH)–C–C–N with tert-alkyl or cyclic N) is 1. The lowest BCUT2D eigenvalue weighted by Gasteiger charge is -2.29. The van der Waals surface area contributed by atoms with Crippen molar-refractivity contribution in [1.82, 2.24) is 24.6 Å². The van der Waals surface area contributed by atoms with Crippen LogP contribution < -0.4 is 0 Å². The molecule has 0 spiro atoms. The fraction of sp³-hybridized carbons (Fsp3) is 0.750. The van der Waals surface area contributed by atoms with Crippen LogP contribution in [0.1, 0.15) is 19.4 Å². The van der Waals surface area contributed by atoms with E-state index in [0.717, 1.165) is 6.54 Å². The summed E-state index contributed by atoms with van der Waals surface area (Å²) in [7, 11) is 3.93. The molecule has 1 aromatic heterocycles. The summed E-state index contributed by atoms with van der Waals surface area (Å²) in [6.45, 7) is 2.96. The summed E-state index contributed by atoms with van der Waals surface area (Å²) in [5, 5.41) is 13.8. The topological polar surface area (TPSA) is 74.5 Å². The number of hydrogen-bond acceptors (Lipinski definition) is 5. The molecule has 1 aliphatic heterocycles. The Morgan fingerprint density at radius 3 is 2.89 bits per heavy atom. The molecule has 2 rings (SSSR count). The van der Waals surface area contributed by atoms with Crippen LogP contribution in [-0.4, -0.2) is 74.9 Å². The second kappa shape index (κ2) is 5.66. The predicted molar refractivity (Wildman–Crippen MR) is 69.4 cm³/mol. The van der Waals surface area contributed by atoms with E-state index in [1.54, 1.807) is 16.5 Å². The van der Waals surface area contributed by atoms with Crippen LogP contribution in [0.5, 0.6) is 0 Å². The highest BCUT2D eigenvalue weighted by atomic mass is 16.3. The van der Waals surface area contributed by atoms with Crippen molar-refractivity contribution in [2.75, 3.05) is 27.2 Å². The van der Waals surface area contributed by atoms with Crippen LogP contribution in [0.25, 0.3) is 0 Å². The monoisotopic (exact) mass is 267 g/mol. The van der Waals surface area contributed by atoms with Crippen molar-refractivity contribution in [2.24, 2.45) is 0 Å². The molecule has 0 aromatic carbocycles. The zero-order chi connectivity index (χ0) is 14.0. The third-order valence-electron chi connectivity index (χ3n) is 3.44. The van der Waals surface area contributed by atoms with Gasteiger partial charge in [-0.25, -0.2) is 9.67 Å². The summed E-state index contributed by atoms with van der Waals surface area (Å²) in [5.74, 6) is -0.0195. The highest BCUT2D eigenvalue weighted by molar-refractivity contribution is 5.80. The first-order valence-corrected chi connectivity index (χ1v) is 6.46. The Balaban J connectivity index is 2.08. The quantitative estimate of drug-likeness (QED) is 0.785. The van der Waals surface area contributed by atoms with Gasteiger partial charge in [-0.15, -0.1) is 0 Å². The maximum absolute atomic E-state index is 12.5. The fourth-order valence-electron chi connectivity index (χ4n) is 2.53. The number of hydrogen-bond donors (Lipinski definition) is 1. The second-order valence-corrected chi connectivity index (χ2v) is 5.35. The van der Waals surface area contributed by atoms with Gasteiger partial charge in [-0.3, -0.25) is 4.79 Å². The second-order valence-electron chi connectivity index (χ2n) is 5.35. The average molecular weight is 267 g/mol. The van der Waals surface area contributed by atoms with Gasteiger partial charge >= 0.3 is 0 Å². The number of amides is 1. The summed E-state index contributed by atoms with van der Waals surface area (Å²) in [5.41, 5.74) is 0. The van der Waals surface area contributed by atoms with Crippen molar-refractivity contribution >= 4 is 5.91 Å². The van der Waals surface area contributed by atoms with E-state index in [0.29, 0.717) is 13.0 Å². The van der Waals surface area contributed by atoms with Crippen molar-refractivity contribution in [3.8, 4) is 0 Å². The number of carbonyl (C=O) groups is 1. The molecule has 1 saturated heterocycles. The number of likely N-dealkylation sites (N-methyl/N-ethyl adjacent to an activating group) is 1. The van der Waals surface area contributed by atoms with E-state index in [1.807, 2.05) is 19.0 Å². The number of aliphatic hydroxyl groups is 1. The van der Waals surface area contributed by atoms with Gasteiger partial charge in [0.15, 0.2) is 0 Å². The Kier molecular flexibility index (Phi) is 4.16. The van der Waals surface area contributed by atoms with E-state index >= 15 is 0 Å². The van der Waals surface area contributed by atoms with Gasteiger partial charge in [0.05, 0.1) is 6.10 Å². The van der Waals surface area contributed by atoms with Crippen LogP contribution in [0.15, 0.2) is 12.7 Å². The van der Waals surface area contributed by atoms with Crippen LogP contribution in [0.2, 0.25) is 0 Å². The molecule has 0 aliphatic carbocycles. The molecule has 7 nitrogen and oxygen atoms in total. The first-order valence-electron chi connectivity index (χ1n) is 6.46. The van der Waals surface area contributed by atoms with Gasteiger partial charge in [-0.2, -0.15) is 5.10 Å². The minimum Gasteiger partial charge on any atom is -0.391 e. The summed E-state index contributed by atoms with van der Waals surface area (Å²) in [4.78, 5) is 20.1. The maximum Gasteiger partial charge on any atom is 0.247 e. The van der Waals surface area contributed by atoms with Crippen LogP contribution in [0.3, 0.4) is 0 Å². The van der Waals surface area contributed by atoms with Crippen molar-refractivity contribution in [3.63, 3.8) is 0 Å². The molecule has 1 amide bonds. The van der Waals surface area contributed by atoms with E-state index in [9.17, 15) is 9.90 Å². The minimum absolute atomic E-state index is 0.0195. The standard InChI is InChI=1S/C12H21N5O2/c1-9(17-8-13-7-14-17)12(19)16-6-11(18)4-10(16)5-15(2)3/h7-11,18H,4-6H2,1-3H3. The third kappa shape index (κ3) is 3.10. The van der Waals surface area contributed by atoms with Gasteiger partial charge in [0.25, 0.3) is 0 Å². The summed E-state index contributed by atoms with van der Waals surface area (Å²) >= 11 is 0. The molecule has 3 atom stereocenters. The normalized spacial score (nSPS) is 25.0. The minimum atomic E-state index is -0.433. The zero-order valence-electron chi connectivity index (χ0n) is 11.6. The van der Waals surface area contributed by atoms with Crippen LogP contribution in [-0.2, 0) is 4.79 Å². The van der Waals surface area contributed by atoms with Crippen LogP contribution >= 0.6 is 0 Å². The van der Waals surface area contributed by atoms with Gasteiger partial charge in [0.1, 0.15) is 18.7 Å². The lowest BCUT2D eigenvalue weighted by molar-refractivity contribution is -0.136. The lowest BCUT2D eigenvalue weighted by Crippen LogP contribution is -2.44. The number of aromatic nitrogens is 3.